The molecule has 0 aliphatic carbocycles. The van der Waals surface area contributed by atoms with E-state index in [2.05, 4.69) is 27.2 Å². The average molecular weight is 443 g/mol. The van der Waals surface area contributed by atoms with Crippen molar-refractivity contribution in [3.63, 3.8) is 0 Å². The van der Waals surface area contributed by atoms with Crippen LogP contribution in [0.5, 0.6) is 0 Å². The first-order valence-electron chi connectivity index (χ1n) is 9.24. The van der Waals surface area contributed by atoms with Gasteiger partial charge in [0.25, 0.3) is 0 Å². The van der Waals surface area contributed by atoms with Crippen LogP contribution in [0.4, 0.5) is 36.2 Å². The lowest BCUT2D eigenvalue weighted by Crippen LogP contribution is -2.12. The Balaban J connectivity index is 1.70. The van der Waals surface area contributed by atoms with Crippen LogP contribution in [0.15, 0.2) is 61.3 Å². The third kappa shape index (κ3) is 4.38. The normalized spacial score (nSPS) is 12.9. The highest BCUT2D eigenvalue weighted by Crippen LogP contribution is 2.37. The summed E-state index contributed by atoms with van der Waals surface area (Å²) in [5, 5.41) is 15.6. The first-order valence-corrected chi connectivity index (χ1v) is 9.24. The van der Waals surface area contributed by atoms with Gasteiger partial charge in [-0.15, -0.1) is 5.23 Å². The summed E-state index contributed by atoms with van der Waals surface area (Å²) in [5.74, 6) is -0.557. The fourth-order valence-electron chi connectivity index (χ4n) is 3.10. The number of nitrogens with zero attached hydrogens (tertiary/aromatic N) is 3. The van der Waals surface area contributed by atoms with Crippen LogP contribution in [-0.2, 0) is 22.4 Å². The second-order valence-electron chi connectivity index (χ2n) is 6.74. The second-order valence-corrected chi connectivity index (χ2v) is 6.74. The van der Waals surface area contributed by atoms with Gasteiger partial charge >= 0.3 is 6.18 Å². The number of carbonyl (C=O) groups is 1. The van der Waals surface area contributed by atoms with E-state index in [1.807, 2.05) is 0 Å². The van der Waals surface area contributed by atoms with Gasteiger partial charge in [-0.25, -0.2) is 14.8 Å². The van der Waals surface area contributed by atoms with E-state index in [4.69, 9.17) is 4.84 Å². The summed E-state index contributed by atoms with van der Waals surface area (Å²) in [6.07, 6.45) is -2.94. The Morgan fingerprint density at radius 1 is 1.22 bits per heavy atom. The molecule has 0 radical (unpaired) electrons. The van der Waals surface area contributed by atoms with Crippen molar-refractivity contribution >= 4 is 28.9 Å². The highest BCUT2D eigenvalue weighted by Gasteiger charge is 2.35. The molecule has 0 fully saturated rings. The van der Waals surface area contributed by atoms with E-state index in [0.29, 0.717) is 34.0 Å². The van der Waals surface area contributed by atoms with Crippen molar-refractivity contribution in [1.29, 1.82) is 0 Å². The molecule has 0 atom stereocenters. The summed E-state index contributed by atoms with van der Waals surface area (Å²) >= 11 is 0. The molecule has 1 aromatic heterocycles. The van der Waals surface area contributed by atoms with Gasteiger partial charge in [-0.3, -0.25) is 10.0 Å². The van der Waals surface area contributed by atoms with Crippen LogP contribution < -0.4 is 15.9 Å². The maximum absolute atomic E-state index is 13.6. The van der Waals surface area contributed by atoms with Gasteiger partial charge < -0.3 is 10.6 Å². The lowest BCUT2D eigenvalue weighted by Gasteiger charge is -2.15. The monoisotopic (exact) mass is 443 g/mol. The molecule has 8 nitrogen and oxygen atoms in total. The molecule has 0 saturated heterocycles. The molecule has 4 rings (SSSR count). The number of benzene rings is 2. The molecule has 0 spiro atoms. The van der Waals surface area contributed by atoms with Crippen molar-refractivity contribution in [2.45, 2.75) is 12.8 Å². The number of amides is 1. The van der Waals surface area contributed by atoms with Crippen LogP contribution in [0.2, 0.25) is 0 Å². The van der Waals surface area contributed by atoms with Crippen LogP contribution >= 0.6 is 0 Å². The third-order valence-electron chi connectivity index (χ3n) is 4.57. The largest absolute Gasteiger partial charge is 0.419 e. The number of hydrogen-bond donors (Lipinski definition) is 3. The van der Waals surface area contributed by atoms with E-state index in [1.54, 1.807) is 18.2 Å². The number of aromatic nitrogens is 2. The summed E-state index contributed by atoms with van der Waals surface area (Å²) in [4.78, 5) is 24.4. The number of nitrogens with one attached hydrogen (secondary N) is 2. The molecule has 3 aromatic rings. The van der Waals surface area contributed by atoms with Gasteiger partial charge in [0.05, 0.1) is 5.69 Å². The molecule has 0 saturated carbocycles. The van der Waals surface area contributed by atoms with E-state index in [1.165, 1.54) is 24.3 Å². The summed E-state index contributed by atoms with van der Waals surface area (Å²) in [5.41, 5.74) is 0.701. The number of hydrogen-bond acceptors (Lipinski definition) is 7. The average Bonchev–Trinajstić information content (AvgIpc) is 3.13. The van der Waals surface area contributed by atoms with Crippen LogP contribution in [0.1, 0.15) is 11.1 Å². The fourth-order valence-corrected chi connectivity index (χ4v) is 3.10. The van der Waals surface area contributed by atoms with Crippen LogP contribution in [-0.4, -0.2) is 21.1 Å². The zero-order chi connectivity index (χ0) is 22.9. The lowest BCUT2D eigenvalue weighted by molar-refractivity contribution is -0.137. The third-order valence-corrected chi connectivity index (χ3v) is 4.57. The Morgan fingerprint density at radius 2 is 2.03 bits per heavy atom. The predicted octanol–water partition coefficient (Wildman–Crippen LogP) is 4.67. The molecule has 0 unspecified atom stereocenters. The van der Waals surface area contributed by atoms with Gasteiger partial charge in [0.15, 0.2) is 0 Å². The lowest BCUT2D eigenvalue weighted by atomic mass is 10.1. The smallest absolute Gasteiger partial charge is 0.324 e. The first kappa shape index (κ1) is 21.3. The van der Waals surface area contributed by atoms with E-state index in [-0.39, 0.29) is 23.8 Å². The number of rotatable bonds is 5. The van der Waals surface area contributed by atoms with Crippen molar-refractivity contribution < 1.29 is 28.0 Å². The molecule has 3 N–H and O–H groups in total. The summed E-state index contributed by atoms with van der Waals surface area (Å²) in [7, 11) is 0. The van der Waals surface area contributed by atoms with E-state index >= 15 is 0 Å². The van der Waals surface area contributed by atoms with Gasteiger partial charge in [-0.1, -0.05) is 18.7 Å². The molecule has 1 aliphatic rings. The zero-order valence-corrected chi connectivity index (χ0v) is 16.3. The van der Waals surface area contributed by atoms with Crippen molar-refractivity contribution in [3.8, 4) is 11.3 Å². The van der Waals surface area contributed by atoms with Crippen LogP contribution in [0.25, 0.3) is 11.3 Å². The van der Waals surface area contributed by atoms with Crippen molar-refractivity contribution in [2.75, 3.05) is 15.9 Å². The van der Waals surface area contributed by atoms with Gasteiger partial charge in [-0.2, -0.15) is 13.2 Å². The molecular weight excluding hydrogens is 427 g/mol. The first-order chi connectivity index (χ1) is 15.2. The summed E-state index contributed by atoms with van der Waals surface area (Å²) < 4.78 is 40.9. The number of alkyl halides is 3. The minimum atomic E-state index is -4.69. The SMILES string of the molecule is C=CC(=O)Nc1cccc(-c2nc(Nc3ccc4c(c3)CON4O)ncc2C(F)(F)F)c1. The number of halogens is 3. The fraction of sp³-hybridized carbons (Fsp3) is 0.0952. The van der Waals surface area contributed by atoms with E-state index < -0.39 is 17.6 Å². The van der Waals surface area contributed by atoms with E-state index in [0.717, 1.165) is 6.08 Å². The predicted molar refractivity (Wildman–Crippen MR) is 110 cm³/mol. The van der Waals surface area contributed by atoms with Gasteiger partial charge in [0.1, 0.15) is 17.9 Å². The van der Waals surface area contributed by atoms with Crippen LogP contribution in [0.3, 0.4) is 0 Å². The zero-order valence-electron chi connectivity index (χ0n) is 16.3. The number of carbonyl (C=O) groups excluding carboxylic acids is 1. The Kier molecular flexibility index (Phi) is 5.51. The van der Waals surface area contributed by atoms with Gasteiger partial charge in [-0.05, 0) is 36.4 Å². The Hall–Kier alpha value is -3.96. The maximum atomic E-state index is 13.6. The number of fused-ring (bicyclic) bond motifs is 1. The van der Waals surface area contributed by atoms with Crippen molar-refractivity contribution in [1.82, 2.24) is 9.97 Å². The molecular formula is C21H16F3N5O3. The highest BCUT2D eigenvalue weighted by molar-refractivity contribution is 5.99. The standard InChI is InChI=1S/C21H16F3N5O3/c1-2-18(30)26-14-5-3-4-12(8-14)19-16(21(22,23)24)10-25-20(28-19)27-15-6-7-17-13(9-15)11-32-29(17)31/h2-10,31H,1,11H2,(H,26,30)(H,25,27,28). The van der Waals surface area contributed by atoms with E-state index in [9.17, 15) is 23.2 Å². The van der Waals surface area contributed by atoms with Crippen molar-refractivity contribution in [2.24, 2.45) is 0 Å². The molecule has 1 aliphatic heterocycles. The molecule has 2 heterocycles. The summed E-state index contributed by atoms with van der Waals surface area (Å²) in [6.45, 7) is 3.49. The topological polar surface area (TPSA) is 99.6 Å². The molecule has 0 bridgehead atoms. The maximum Gasteiger partial charge on any atom is 0.419 e. The second kappa shape index (κ2) is 8.29. The minimum absolute atomic E-state index is 0.0618. The molecule has 2 aromatic carbocycles. The quantitative estimate of drug-likeness (QED) is 0.493. The Labute approximate surface area is 179 Å². The molecule has 1 amide bonds. The van der Waals surface area contributed by atoms with Crippen molar-refractivity contribution in [3.05, 3.63) is 72.4 Å². The van der Waals surface area contributed by atoms with Gasteiger partial charge in [0, 0.05) is 28.7 Å². The highest BCUT2D eigenvalue weighted by atomic mass is 19.4. The minimum Gasteiger partial charge on any atom is -0.324 e. The Morgan fingerprint density at radius 3 is 2.78 bits per heavy atom. The van der Waals surface area contributed by atoms with Crippen LogP contribution in [0, 0.1) is 0 Å². The molecule has 11 heteroatoms. The summed E-state index contributed by atoms with van der Waals surface area (Å²) in [6, 6.07) is 10.7. The number of anilines is 4. The molecule has 164 valence electrons. The Bertz CT molecular complexity index is 1200. The molecule has 32 heavy (non-hydrogen) atoms. The van der Waals surface area contributed by atoms with Gasteiger partial charge in [0.2, 0.25) is 11.9 Å².